The van der Waals surface area contributed by atoms with Gasteiger partial charge in [-0.15, -0.1) is 0 Å². The number of morpholine rings is 1. The molecule has 1 fully saturated rings. The van der Waals surface area contributed by atoms with Gasteiger partial charge >= 0.3 is 5.97 Å². The summed E-state index contributed by atoms with van der Waals surface area (Å²) in [5.41, 5.74) is 6.19. The second kappa shape index (κ2) is 6.98. The standard InChI is InChI=1S/C15H19ClN2O4/c1-9-6-18(7-10(2)22-9)14(19)8-21-15(20)11-3-4-12(16)13(17)5-11/h3-5,9-10H,6-8,17H2,1-2H3/t9-,10-/m1/s1. The molecule has 1 saturated heterocycles. The van der Waals surface area contributed by atoms with E-state index in [1.807, 2.05) is 13.8 Å². The second-order valence-corrected chi connectivity index (χ2v) is 5.78. The minimum Gasteiger partial charge on any atom is -0.452 e. The fourth-order valence-electron chi connectivity index (χ4n) is 2.35. The van der Waals surface area contributed by atoms with Gasteiger partial charge in [0.25, 0.3) is 5.91 Å². The zero-order chi connectivity index (χ0) is 16.3. The molecular formula is C15H19ClN2O4. The lowest BCUT2D eigenvalue weighted by atomic mass is 10.2. The molecule has 0 spiro atoms. The number of anilines is 1. The molecule has 2 rings (SSSR count). The number of rotatable bonds is 3. The number of nitrogens with two attached hydrogens (primary N) is 1. The van der Waals surface area contributed by atoms with Crippen LogP contribution in [-0.2, 0) is 14.3 Å². The minimum atomic E-state index is -0.605. The van der Waals surface area contributed by atoms with Crippen molar-refractivity contribution in [3.05, 3.63) is 28.8 Å². The maximum Gasteiger partial charge on any atom is 0.338 e. The van der Waals surface area contributed by atoms with Crippen molar-refractivity contribution in [2.75, 3.05) is 25.4 Å². The number of esters is 1. The SMILES string of the molecule is C[C@@H]1CN(C(=O)COC(=O)c2ccc(Cl)c(N)c2)C[C@@H](C)O1. The first-order valence-corrected chi connectivity index (χ1v) is 7.40. The number of hydrogen-bond donors (Lipinski definition) is 1. The minimum absolute atomic E-state index is 0.0283. The maximum atomic E-state index is 12.1. The Kier molecular flexibility index (Phi) is 5.26. The van der Waals surface area contributed by atoms with Gasteiger partial charge in [-0.25, -0.2) is 4.79 Å². The van der Waals surface area contributed by atoms with Gasteiger partial charge in [-0.05, 0) is 32.0 Å². The van der Waals surface area contributed by atoms with Gasteiger partial charge in [0.05, 0.1) is 28.5 Å². The molecule has 1 aliphatic rings. The van der Waals surface area contributed by atoms with Crippen LogP contribution in [0.5, 0.6) is 0 Å². The van der Waals surface area contributed by atoms with Gasteiger partial charge in [0, 0.05) is 13.1 Å². The number of benzene rings is 1. The quantitative estimate of drug-likeness (QED) is 0.675. The molecule has 1 aromatic carbocycles. The first-order valence-electron chi connectivity index (χ1n) is 7.02. The fourth-order valence-corrected chi connectivity index (χ4v) is 2.47. The molecule has 22 heavy (non-hydrogen) atoms. The Bertz CT molecular complexity index is 569. The van der Waals surface area contributed by atoms with Crippen LogP contribution in [0.2, 0.25) is 5.02 Å². The average Bonchev–Trinajstić information content (AvgIpc) is 2.46. The zero-order valence-electron chi connectivity index (χ0n) is 12.5. The van der Waals surface area contributed by atoms with Crippen molar-refractivity contribution in [3.8, 4) is 0 Å². The van der Waals surface area contributed by atoms with Crippen molar-refractivity contribution < 1.29 is 19.1 Å². The van der Waals surface area contributed by atoms with Crippen LogP contribution in [0.3, 0.4) is 0 Å². The molecular weight excluding hydrogens is 308 g/mol. The molecule has 0 bridgehead atoms. The van der Waals surface area contributed by atoms with Crippen molar-refractivity contribution >= 4 is 29.2 Å². The van der Waals surface area contributed by atoms with Gasteiger partial charge in [0.2, 0.25) is 0 Å². The van der Waals surface area contributed by atoms with Crippen LogP contribution in [0, 0.1) is 0 Å². The monoisotopic (exact) mass is 326 g/mol. The molecule has 2 N–H and O–H groups in total. The normalized spacial score (nSPS) is 21.5. The van der Waals surface area contributed by atoms with Crippen molar-refractivity contribution in [2.45, 2.75) is 26.1 Å². The lowest BCUT2D eigenvalue weighted by Gasteiger charge is -2.35. The predicted octanol–water partition coefficient (Wildman–Crippen LogP) is 1.71. The van der Waals surface area contributed by atoms with Crippen LogP contribution in [0.4, 0.5) is 5.69 Å². The molecule has 0 radical (unpaired) electrons. The summed E-state index contributed by atoms with van der Waals surface area (Å²) in [6.07, 6.45) is -0.0565. The van der Waals surface area contributed by atoms with Crippen LogP contribution in [0.1, 0.15) is 24.2 Å². The number of carbonyl (C=O) groups excluding carboxylic acids is 2. The van der Waals surface area contributed by atoms with Crippen molar-refractivity contribution in [1.29, 1.82) is 0 Å². The number of carbonyl (C=O) groups is 2. The summed E-state index contributed by atoms with van der Waals surface area (Å²) >= 11 is 5.79. The highest BCUT2D eigenvalue weighted by atomic mass is 35.5. The highest BCUT2D eigenvalue weighted by molar-refractivity contribution is 6.33. The van der Waals surface area contributed by atoms with E-state index < -0.39 is 5.97 Å². The maximum absolute atomic E-state index is 12.1. The van der Waals surface area contributed by atoms with E-state index in [0.717, 1.165) is 0 Å². The molecule has 1 aromatic rings. The molecule has 1 aliphatic heterocycles. The lowest BCUT2D eigenvalue weighted by Crippen LogP contribution is -2.49. The van der Waals surface area contributed by atoms with E-state index in [-0.39, 0.29) is 30.3 Å². The Labute approximate surface area is 134 Å². The Balaban J connectivity index is 1.90. The van der Waals surface area contributed by atoms with Crippen molar-refractivity contribution in [1.82, 2.24) is 4.90 Å². The van der Waals surface area contributed by atoms with Gasteiger partial charge in [-0.1, -0.05) is 11.6 Å². The van der Waals surface area contributed by atoms with Crippen molar-refractivity contribution in [2.24, 2.45) is 0 Å². The Morgan fingerprint density at radius 2 is 2.00 bits per heavy atom. The average molecular weight is 327 g/mol. The summed E-state index contributed by atoms with van der Waals surface area (Å²) in [4.78, 5) is 25.6. The second-order valence-electron chi connectivity index (χ2n) is 5.37. The largest absolute Gasteiger partial charge is 0.452 e. The van der Waals surface area contributed by atoms with Gasteiger partial charge < -0.3 is 20.1 Å². The third-order valence-electron chi connectivity index (χ3n) is 3.33. The first-order chi connectivity index (χ1) is 10.4. The Morgan fingerprint density at radius 1 is 1.36 bits per heavy atom. The topological polar surface area (TPSA) is 81.9 Å². The van der Waals surface area contributed by atoms with E-state index in [9.17, 15) is 9.59 Å². The number of hydrogen-bond acceptors (Lipinski definition) is 5. The van der Waals surface area contributed by atoms with E-state index in [1.54, 1.807) is 4.90 Å². The molecule has 120 valence electrons. The Hall–Kier alpha value is -1.79. The summed E-state index contributed by atoms with van der Waals surface area (Å²) in [7, 11) is 0. The summed E-state index contributed by atoms with van der Waals surface area (Å²) in [5.74, 6) is -0.844. The van der Waals surface area contributed by atoms with E-state index in [2.05, 4.69) is 0 Å². The number of amides is 1. The van der Waals surface area contributed by atoms with Crippen LogP contribution in [-0.4, -0.2) is 48.7 Å². The molecule has 0 unspecified atom stereocenters. The summed E-state index contributed by atoms with van der Waals surface area (Å²) in [6.45, 7) is 4.49. The van der Waals surface area contributed by atoms with Gasteiger partial charge in [0.15, 0.2) is 6.61 Å². The van der Waals surface area contributed by atoms with E-state index in [0.29, 0.717) is 23.8 Å². The van der Waals surface area contributed by atoms with E-state index in [1.165, 1.54) is 18.2 Å². The lowest BCUT2D eigenvalue weighted by molar-refractivity contribution is -0.146. The van der Waals surface area contributed by atoms with Crippen molar-refractivity contribution in [3.63, 3.8) is 0 Å². The number of nitrogens with zero attached hydrogens (tertiary/aromatic N) is 1. The zero-order valence-corrected chi connectivity index (χ0v) is 13.3. The summed E-state index contributed by atoms with van der Waals surface area (Å²) in [5, 5.41) is 0.365. The molecule has 2 atom stereocenters. The molecule has 0 saturated carbocycles. The van der Waals surface area contributed by atoms with Gasteiger partial charge in [-0.3, -0.25) is 4.79 Å². The molecule has 6 nitrogen and oxygen atoms in total. The van der Waals surface area contributed by atoms with Crippen LogP contribution >= 0.6 is 11.6 Å². The van der Waals surface area contributed by atoms with Crippen LogP contribution < -0.4 is 5.73 Å². The molecule has 0 aliphatic carbocycles. The van der Waals surface area contributed by atoms with E-state index >= 15 is 0 Å². The number of nitrogen functional groups attached to an aromatic ring is 1. The highest BCUT2D eigenvalue weighted by Crippen LogP contribution is 2.20. The first kappa shape index (κ1) is 16.6. The highest BCUT2D eigenvalue weighted by Gasteiger charge is 2.26. The molecule has 0 aromatic heterocycles. The predicted molar refractivity (Wildman–Crippen MR) is 82.7 cm³/mol. The molecule has 1 heterocycles. The van der Waals surface area contributed by atoms with E-state index in [4.69, 9.17) is 26.8 Å². The number of halogens is 1. The summed E-state index contributed by atoms with van der Waals surface area (Å²) < 4.78 is 10.6. The smallest absolute Gasteiger partial charge is 0.338 e. The van der Waals surface area contributed by atoms with Gasteiger partial charge in [-0.2, -0.15) is 0 Å². The number of ether oxygens (including phenoxy) is 2. The van der Waals surface area contributed by atoms with Crippen LogP contribution in [0.15, 0.2) is 18.2 Å². The third kappa shape index (κ3) is 4.11. The third-order valence-corrected chi connectivity index (χ3v) is 3.67. The summed E-state index contributed by atoms with van der Waals surface area (Å²) in [6, 6.07) is 4.44. The Morgan fingerprint density at radius 3 is 2.59 bits per heavy atom. The molecule has 7 heteroatoms. The molecule has 1 amide bonds. The van der Waals surface area contributed by atoms with Crippen LogP contribution in [0.25, 0.3) is 0 Å². The van der Waals surface area contributed by atoms with Gasteiger partial charge in [0.1, 0.15) is 0 Å². The fraction of sp³-hybridized carbons (Fsp3) is 0.467.